The normalized spacial score (nSPS) is 15.1. The Hall–Kier alpha value is -3.30. The number of benzene rings is 2. The minimum atomic E-state index is -1.14. The summed E-state index contributed by atoms with van der Waals surface area (Å²) >= 11 is 7.71. The van der Waals surface area contributed by atoms with E-state index in [4.69, 9.17) is 11.6 Å². The van der Waals surface area contributed by atoms with Gasteiger partial charge >= 0.3 is 5.97 Å². The molecular weight excluding hydrogens is 412 g/mol. The Bertz CT molecular complexity index is 1240. The standard InChI is InChI=1S/C19H13ClN6O2S/c20-11-3-6-13-14(9-11)29-19(23-13)22-12-4-1-10(2-5-12)16-24-25-17-15(18(27)28)21-7-8-26(16)17/h1-9,19,22-23H,(H,27,28). The molecule has 0 amide bonds. The Morgan fingerprint density at radius 2 is 2.03 bits per heavy atom. The lowest BCUT2D eigenvalue weighted by atomic mass is 10.2. The molecule has 0 spiro atoms. The first-order valence-electron chi connectivity index (χ1n) is 8.61. The SMILES string of the molecule is O=C(O)c1nccn2c(-c3ccc(NC4Nc5ccc(Cl)cc5S4)cc3)nnc12. The first-order valence-corrected chi connectivity index (χ1v) is 9.87. The second kappa shape index (κ2) is 6.94. The zero-order chi connectivity index (χ0) is 20.0. The van der Waals surface area contributed by atoms with Gasteiger partial charge in [-0.1, -0.05) is 23.4 Å². The van der Waals surface area contributed by atoms with E-state index in [9.17, 15) is 9.90 Å². The van der Waals surface area contributed by atoms with E-state index in [0.717, 1.165) is 21.8 Å². The molecule has 0 fully saturated rings. The van der Waals surface area contributed by atoms with Crippen molar-refractivity contribution < 1.29 is 9.90 Å². The summed E-state index contributed by atoms with van der Waals surface area (Å²) < 4.78 is 1.62. The number of hydrogen-bond donors (Lipinski definition) is 3. The maximum Gasteiger partial charge on any atom is 0.358 e. The van der Waals surface area contributed by atoms with Gasteiger partial charge in [0.15, 0.2) is 17.2 Å². The number of nitrogens with zero attached hydrogens (tertiary/aromatic N) is 4. The summed E-state index contributed by atoms with van der Waals surface area (Å²) in [5.41, 5.74) is 2.86. The van der Waals surface area contributed by atoms with Crippen molar-refractivity contribution in [1.29, 1.82) is 0 Å². The zero-order valence-corrected chi connectivity index (χ0v) is 16.3. The molecule has 29 heavy (non-hydrogen) atoms. The van der Waals surface area contributed by atoms with Crippen molar-refractivity contribution >= 4 is 46.4 Å². The number of carbonyl (C=O) groups is 1. The van der Waals surface area contributed by atoms with Crippen LogP contribution in [0.5, 0.6) is 0 Å². The summed E-state index contributed by atoms with van der Waals surface area (Å²) in [5.74, 6) is -0.593. The molecule has 1 atom stereocenters. The molecule has 3 heterocycles. The zero-order valence-electron chi connectivity index (χ0n) is 14.7. The van der Waals surface area contributed by atoms with Crippen molar-refractivity contribution in [1.82, 2.24) is 19.6 Å². The predicted molar refractivity (Wildman–Crippen MR) is 112 cm³/mol. The second-order valence-electron chi connectivity index (χ2n) is 6.30. The Labute approximate surface area is 173 Å². The lowest BCUT2D eigenvalue weighted by Gasteiger charge is -2.14. The number of halogens is 1. The van der Waals surface area contributed by atoms with Crippen LogP contribution in [-0.4, -0.2) is 36.2 Å². The van der Waals surface area contributed by atoms with Gasteiger partial charge in [0, 0.05) is 33.6 Å². The molecular formula is C19H13ClN6O2S. The number of nitrogens with one attached hydrogen (secondary N) is 2. The summed E-state index contributed by atoms with van der Waals surface area (Å²) in [4.78, 5) is 16.3. The number of carboxylic acids is 1. The molecule has 2 aromatic heterocycles. The van der Waals surface area contributed by atoms with E-state index in [-0.39, 0.29) is 16.8 Å². The molecule has 144 valence electrons. The third-order valence-corrected chi connectivity index (χ3v) is 5.74. The van der Waals surface area contributed by atoms with Gasteiger partial charge in [-0.3, -0.25) is 4.40 Å². The van der Waals surface area contributed by atoms with E-state index in [0.29, 0.717) is 10.8 Å². The number of thioether (sulfide) groups is 1. The van der Waals surface area contributed by atoms with Crippen molar-refractivity contribution in [3.05, 3.63) is 65.6 Å². The Kier molecular flexibility index (Phi) is 4.26. The maximum atomic E-state index is 11.3. The third-order valence-electron chi connectivity index (χ3n) is 4.45. The van der Waals surface area contributed by atoms with Crippen molar-refractivity contribution in [3.63, 3.8) is 0 Å². The first-order chi connectivity index (χ1) is 14.1. The van der Waals surface area contributed by atoms with Crippen LogP contribution in [0.1, 0.15) is 10.5 Å². The molecule has 1 unspecified atom stereocenters. The van der Waals surface area contributed by atoms with Crippen molar-refractivity contribution in [2.45, 2.75) is 10.4 Å². The van der Waals surface area contributed by atoms with Gasteiger partial charge in [-0.15, -0.1) is 10.2 Å². The molecule has 0 saturated carbocycles. The Morgan fingerprint density at radius 3 is 2.83 bits per heavy atom. The number of fused-ring (bicyclic) bond motifs is 2. The topological polar surface area (TPSA) is 104 Å². The van der Waals surface area contributed by atoms with Gasteiger partial charge in [0.2, 0.25) is 0 Å². The van der Waals surface area contributed by atoms with Crippen LogP contribution in [0.4, 0.5) is 11.4 Å². The van der Waals surface area contributed by atoms with Crippen LogP contribution in [0, 0.1) is 0 Å². The number of hydrogen-bond acceptors (Lipinski definition) is 7. The summed E-state index contributed by atoms with van der Waals surface area (Å²) in [6, 6.07) is 13.5. The highest BCUT2D eigenvalue weighted by atomic mass is 35.5. The van der Waals surface area contributed by atoms with E-state index in [2.05, 4.69) is 25.8 Å². The van der Waals surface area contributed by atoms with Crippen LogP contribution in [0.2, 0.25) is 5.02 Å². The van der Waals surface area contributed by atoms with Crippen molar-refractivity contribution in [3.8, 4) is 11.4 Å². The fraction of sp³-hybridized carbons (Fsp3) is 0.0526. The molecule has 5 rings (SSSR count). The van der Waals surface area contributed by atoms with E-state index >= 15 is 0 Å². The molecule has 1 aliphatic heterocycles. The van der Waals surface area contributed by atoms with Gasteiger partial charge in [-0.05, 0) is 42.5 Å². The van der Waals surface area contributed by atoms with Gasteiger partial charge in [-0.2, -0.15) is 0 Å². The smallest absolute Gasteiger partial charge is 0.358 e. The second-order valence-corrected chi connectivity index (χ2v) is 7.89. The van der Waals surface area contributed by atoms with Crippen LogP contribution >= 0.6 is 23.4 Å². The highest BCUT2D eigenvalue weighted by molar-refractivity contribution is 8.00. The molecule has 0 saturated heterocycles. The summed E-state index contributed by atoms with van der Waals surface area (Å²) in [7, 11) is 0. The molecule has 10 heteroatoms. The van der Waals surface area contributed by atoms with Crippen LogP contribution in [0.3, 0.4) is 0 Å². The van der Waals surface area contributed by atoms with Crippen LogP contribution in [-0.2, 0) is 0 Å². The molecule has 8 nitrogen and oxygen atoms in total. The summed E-state index contributed by atoms with van der Waals surface area (Å²) in [6.07, 6.45) is 3.07. The monoisotopic (exact) mass is 424 g/mol. The molecule has 1 aliphatic rings. The molecule has 0 radical (unpaired) electrons. The predicted octanol–water partition coefficient (Wildman–Crippen LogP) is 4.06. The Morgan fingerprint density at radius 1 is 1.21 bits per heavy atom. The van der Waals surface area contributed by atoms with Gasteiger partial charge in [0.25, 0.3) is 0 Å². The van der Waals surface area contributed by atoms with Gasteiger partial charge in [-0.25, -0.2) is 9.78 Å². The van der Waals surface area contributed by atoms with Crippen LogP contribution < -0.4 is 10.6 Å². The lowest BCUT2D eigenvalue weighted by Crippen LogP contribution is -2.20. The number of anilines is 2. The van der Waals surface area contributed by atoms with Gasteiger partial charge in [0.1, 0.15) is 5.50 Å². The molecule has 4 aromatic rings. The lowest BCUT2D eigenvalue weighted by molar-refractivity contribution is 0.0692. The largest absolute Gasteiger partial charge is 0.476 e. The first kappa shape index (κ1) is 17.8. The number of rotatable bonds is 4. The Balaban J connectivity index is 1.37. The average molecular weight is 425 g/mol. The van der Waals surface area contributed by atoms with Gasteiger partial charge < -0.3 is 15.7 Å². The van der Waals surface area contributed by atoms with E-state index in [1.807, 2.05) is 42.5 Å². The summed E-state index contributed by atoms with van der Waals surface area (Å²) in [6.45, 7) is 0. The molecule has 0 aliphatic carbocycles. The minimum Gasteiger partial charge on any atom is -0.476 e. The fourth-order valence-corrected chi connectivity index (χ4v) is 4.44. The quantitative estimate of drug-likeness (QED) is 0.450. The summed E-state index contributed by atoms with van der Waals surface area (Å²) in [5, 5.41) is 24.9. The number of carboxylic acid groups (broad SMARTS) is 1. The van der Waals surface area contributed by atoms with E-state index < -0.39 is 5.97 Å². The maximum absolute atomic E-state index is 11.3. The number of aromatic nitrogens is 4. The fourth-order valence-electron chi connectivity index (χ4n) is 3.12. The average Bonchev–Trinajstić information content (AvgIpc) is 3.31. The molecule has 0 bridgehead atoms. The van der Waals surface area contributed by atoms with Crippen molar-refractivity contribution in [2.75, 3.05) is 10.6 Å². The molecule has 3 N–H and O–H groups in total. The van der Waals surface area contributed by atoms with Crippen LogP contribution in [0.15, 0.2) is 59.8 Å². The third kappa shape index (κ3) is 3.24. The van der Waals surface area contributed by atoms with E-state index in [1.54, 1.807) is 22.4 Å². The van der Waals surface area contributed by atoms with Gasteiger partial charge in [0.05, 0.1) is 5.69 Å². The highest BCUT2D eigenvalue weighted by Gasteiger charge is 2.21. The molecule has 2 aromatic carbocycles. The van der Waals surface area contributed by atoms with Crippen LogP contribution in [0.25, 0.3) is 17.0 Å². The van der Waals surface area contributed by atoms with E-state index in [1.165, 1.54) is 6.20 Å². The number of aromatic carboxylic acids is 1. The minimum absolute atomic E-state index is 0.00700. The highest BCUT2D eigenvalue weighted by Crippen LogP contribution is 2.40. The van der Waals surface area contributed by atoms with Crippen molar-refractivity contribution in [2.24, 2.45) is 0 Å².